The van der Waals surface area contributed by atoms with Gasteiger partial charge < -0.3 is 9.13 Å². The fraction of sp³-hybridized carbons (Fsp3) is 0.258. The number of carbonyl (C=O) groups excluding carboxylic acids is 1. The minimum absolute atomic E-state index is 0.0310. The number of nitrogens with zero attached hydrogens (tertiary/aromatic N) is 3. The quantitative estimate of drug-likeness (QED) is 0.223. The van der Waals surface area contributed by atoms with Crippen LogP contribution in [0.25, 0.3) is 11.0 Å². The average Bonchev–Trinajstić information content (AvgIpc) is 3.45. The van der Waals surface area contributed by atoms with Crippen LogP contribution in [0.3, 0.4) is 0 Å². The first-order chi connectivity index (χ1) is 17.9. The van der Waals surface area contributed by atoms with Crippen LogP contribution in [0.5, 0.6) is 0 Å². The molecule has 188 valence electrons. The van der Waals surface area contributed by atoms with Crippen LogP contribution >= 0.6 is 11.3 Å². The molecule has 1 atom stereocenters. The third kappa shape index (κ3) is 5.35. The maximum absolute atomic E-state index is 13.1. The fourth-order valence-electron chi connectivity index (χ4n) is 4.96. The number of fused-ring (bicyclic) bond motifs is 1. The molecule has 0 spiro atoms. The molecule has 0 aliphatic rings. The van der Waals surface area contributed by atoms with Crippen LogP contribution in [0.4, 0.5) is 0 Å². The lowest BCUT2D eigenvalue weighted by Crippen LogP contribution is -2.29. The lowest BCUT2D eigenvalue weighted by atomic mass is 9.98. The Bertz CT molecular complexity index is 1590. The predicted octanol–water partition coefficient (Wildman–Crippen LogP) is 6.80. The summed E-state index contributed by atoms with van der Waals surface area (Å²) in [5.41, 5.74) is 9.87. The normalized spacial score (nSPS) is 12.2. The number of imidazole rings is 1. The zero-order chi connectivity index (χ0) is 25.9. The highest BCUT2D eigenvalue weighted by Crippen LogP contribution is 2.27. The second-order valence-electron chi connectivity index (χ2n) is 9.83. The standard InChI is InChI=1S/C31H32N4OS/c1-21-8-12-24(13-9-21)18-26(16-17-29(36)30-23(3)33-20-37-30)35-28-7-5-4-6-27(28)34(31(35)32)19-25-14-10-22(2)11-15-25/h4-15,20,26,32H,16-19H2,1-3H3/t26-/m1/s1. The van der Waals surface area contributed by atoms with Gasteiger partial charge in [0.25, 0.3) is 0 Å². The van der Waals surface area contributed by atoms with Crippen molar-refractivity contribution < 1.29 is 4.79 Å². The van der Waals surface area contributed by atoms with Gasteiger partial charge in [-0.05, 0) is 56.9 Å². The number of hydrogen-bond acceptors (Lipinski definition) is 4. The number of aromatic nitrogens is 3. The Morgan fingerprint density at radius 2 is 1.51 bits per heavy atom. The number of para-hydroxylation sites is 2. The molecule has 3 aromatic carbocycles. The van der Waals surface area contributed by atoms with Gasteiger partial charge in [0.05, 0.1) is 33.7 Å². The van der Waals surface area contributed by atoms with Gasteiger partial charge in [0.1, 0.15) is 0 Å². The first kappa shape index (κ1) is 24.9. The van der Waals surface area contributed by atoms with E-state index in [0.717, 1.165) is 33.6 Å². The van der Waals surface area contributed by atoms with Gasteiger partial charge in [-0.25, -0.2) is 4.98 Å². The molecule has 5 nitrogen and oxygen atoms in total. The van der Waals surface area contributed by atoms with Crippen molar-refractivity contribution in [3.63, 3.8) is 0 Å². The van der Waals surface area contributed by atoms with Gasteiger partial charge >= 0.3 is 0 Å². The van der Waals surface area contributed by atoms with Crippen LogP contribution in [-0.2, 0) is 13.0 Å². The van der Waals surface area contributed by atoms with E-state index in [1.807, 2.05) is 19.1 Å². The minimum atomic E-state index is -0.0310. The molecule has 0 saturated carbocycles. The summed E-state index contributed by atoms with van der Waals surface area (Å²) in [6.45, 7) is 6.70. The highest BCUT2D eigenvalue weighted by molar-refractivity contribution is 7.11. The third-order valence-electron chi connectivity index (χ3n) is 7.04. The van der Waals surface area contributed by atoms with Crippen LogP contribution in [-0.4, -0.2) is 19.9 Å². The summed E-state index contributed by atoms with van der Waals surface area (Å²) in [5, 5.41) is 9.29. The van der Waals surface area contributed by atoms with Crippen LogP contribution in [0.2, 0.25) is 0 Å². The Labute approximate surface area is 221 Å². The summed E-state index contributed by atoms with van der Waals surface area (Å²) in [4.78, 5) is 18.1. The molecule has 0 aliphatic heterocycles. The van der Waals surface area contributed by atoms with Crippen molar-refractivity contribution in [1.29, 1.82) is 5.41 Å². The number of benzene rings is 3. The largest absolute Gasteiger partial charge is 0.307 e. The number of rotatable bonds is 9. The lowest BCUT2D eigenvalue weighted by Gasteiger charge is -2.20. The summed E-state index contributed by atoms with van der Waals surface area (Å²) in [7, 11) is 0. The van der Waals surface area contributed by atoms with Gasteiger partial charge in [0.15, 0.2) is 5.78 Å². The molecule has 0 saturated heterocycles. The minimum Gasteiger partial charge on any atom is -0.307 e. The number of carbonyl (C=O) groups is 1. The van der Waals surface area contributed by atoms with E-state index in [4.69, 9.17) is 0 Å². The maximum Gasteiger partial charge on any atom is 0.203 e. The number of thiazole rings is 1. The average molecular weight is 509 g/mol. The van der Waals surface area contributed by atoms with Crippen LogP contribution in [0, 0.1) is 26.2 Å². The first-order valence-electron chi connectivity index (χ1n) is 12.7. The molecule has 0 radical (unpaired) electrons. The molecular weight excluding hydrogens is 476 g/mol. The van der Waals surface area contributed by atoms with E-state index in [2.05, 4.69) is 88.6 Å². The topological polar surface area (TPSA) is 63.7 Å². The molecule has 5 rings (SSSR count). The van der Waals surface area contributed by atoms with Crippen molar-refractivity contribution in [2.75, 3.05) is 0 Å². The van der Waals surface area contributed by atoms with Gasteiger partial charge in [0.2, 0.25) is 5.62 Å². The van der Waals surface area contributed by atoms with E-state index in [1.165, 1.54) is 28.0 Å². The second-order valence-corrected chi connectivity index (χ2v) is 10.7. The van der Waals surface area contributed by atoms with Crippen molar-refractivity contribution in [2.24, 2.45) is 0 Å². The molecule has 6 heteroatoms. The molecule has 0 amide bonds. The highest BCUT2D eigenvalue weighted by Gasteiger charge is 2.22. The van der Waals surface area contributed by atoms with Crippen molar-refractivity contribution in [3.05, 3.63) is 117 Å². The Morgan fingerprint density at radius 3 is 2.14 bits per heavy atom. The Morgan fingerprint density at radius 1 is 0.892 bits per heavy atom. The SMILES string of the molecule is Cc1ccc(C[C@@H](CCC(=O)c2scnc2C)n2c(=N)n(Cc3ccc(C)cc3)c3ccccc32)cc1. The van der Waals surface area contributed by atoms with Gasteiger partial charge in [-0.3, -0.25) is 10.2 Å². The molecule has 0 aliphatic carbocycles. The number of ketones is 1. The number of hydrogen-bond donors (Lipinski definition) is 1. The monoisotopic (exact) mass is 508 g/mol. The van der Waals surface area contributed by atoms with Crippen LogP contribution in [0.15, 0.2) is 78.3 Å². The number of Topliss-reactive ketones (excluding diaryl/α,β-unsaturated/α-hetero) is 1. The summed E-state index contributed by atoms with van der Waals surface area (Å²) in [5.74, 6) is 0.129. The smallest absolute Gasteiger partial charge is 0.203 e. The molecule has 0 fully saturated rings. The van der Waals surface area contributed by atoms with E-state index in [0.29, 0.717) is 25.0 Å². The van der Waals surface area contributed by atoms with Crippen molar-refractivity contribution >= 4 is 28.2 Å². The second kappa shape index (κ2) is 10.7. The molecule has 2 heterocycles. The number of nitrogens with one attached hydrogen (secondary N) is 1. The summed E-state index contributed by atoms with van der Waals surface area (Å²) in [6, 6.07) is 25.3. The molecule has 0 bridgehead atoms. The van der Waals surface area contributed by atoms with E-state index in [9.17, 15) is 10.2 Å². The van der Waals surface area contributed by atoms with E-state index >= 15 is 0 Å². The van der Waals surface area contributed by atoms with E-state index in [-0.39, 0.29) is 11.8 Å². The van der Waals surface area contributed by atoms with Gasteiger partial charge in [0, 0.05) is 12.5 Å². The molecule has 5 aromatic rings. The van der Waals surface area contributed by atoms with E-state index < -0.39 is 0 Å². The third-order valence-corrected chi connectivity index (χ3v) is 8.01. The lowest BCUT2D eigenvalue weighted by molar-refractivity contribution is 0.0977. The van der Waals surface area contributed by atoms with Crippen LogP contribution < -0.4 is 5.62 Å². The van der Waals surface area contributed by atoms with Crippen LogP contribution in [0.1, 0.15) is 56.5 Å². The predicted molar refractivity (Wildman–Crippen MR) is 150 cm³/mol. The van der Waals surface area contributed by atoms with E-state index in [1.54, 1.807) is 5.51 Å². The van der Waals surface area contributed by atoms with Gasteiger partial charge in [-0.1, -0.05) is 71.8 Å². The Balaban J connectivity index is 1.54. The number of aryl methyl sites for hydroxylation is 3. The summed E-state index contributed by atoms with van der Waals surface area (Å²) in [6.07, 6.45) is 1.83. The Kier molecular flexibility index (Phi) is 7.19. The Hall–Kier alpha value is -3.77. The molecule has 1 N–H and O–H groups in total. The fourth-order valence-corrected chi connectivity index (χ4v) is 5.73. The zero-order valence-electron chi connectivity index (χ0n) is 21.6. The molecule has 2 aromatic heterocycles. The van der Waals surface area contributed by atoms with Crippen molar-refractivity contribution in [2.45, 2.75) is 52.6 Å². The van der Waals surface area contributed by atoms with Gasteiger partial charge in [-0.15, -0.1) is 11.3 Å². The summed E-state index contributed by atoms with van der Waals surface area (Å²) < 4.78 is 4.22. The molecule has 37 heavy (non-hydrogen) atoms. The molecular formula is C31H32N4OS. The highest BCUT2D eigenvalue weighted by atomic mass is 32.1. The van der Waals surface area contributed by atoms with Crippen molar-refractivity contribution in [1.82, 2.24) is 14.1 Å². The summed E-state index contributed by atoms with van der Waals surface area (Å²) >= 11 is 1.41. The zero-order valence-corrected chi connectivity index (χ0v) is 22.4. The molecule has 0 unspecified atom stereocenters. The maximum atomic E-state index is 13.1. The van der Waals surface area contributed by atoms with Crippen molar-refractivity contribution in [3.8, 4) is 0 Å². The first-order valence-corrected chi connectivity index (χ1v) is 13.6. The van der Waals surface area contributed by atoms with Gasteiger partial charge in [-0.2, -0.15) is 0 Å².